The van der Waals surface area contributed by atoms with Gasteiger partial charge in [-0.3, -0.25) is 4.57 Å². The number of hydrogen-bond donors (Lipinski definition) is 0. The molecule has 0 radical (unpaired) electrons. The first-order valence-electron chi connectivity index (χ1n) is 12.6. The van der Waals surface area contributed by atoms with Gasteiger partial charge in [0.25, 0.3) is 0 Å². The van der Waals surface area contributed by atoms with Gasteiger partial charge in [0, 0.05) is 37.4 Å². The van der Waals surface area contributed by atoms with Crippen LogP contribution in [0.5, 0.6) is 23.4 Å². The fraction of sp³-hybridized carbons (Fsp3) is 0.161. The second-order valence-electron chi connectivity index (χ2n) is 9.65. The van der Waals surface area contributed by atoms with Crippen molar-refractivity contribution >= 4 is 27.6 Å². The lowest BCUT2D eigenvalue weighted by Gasteiger charge is -2.27. The van der Waals surface area contributed by atoms with Crippen LogP contribution in [0, 0.1) is 0 Å². The Morgan fingerprint density at radius 1 is 0.838 bits per heavy atom. The van der Waals surface area contributed by atoms with E-state index in [1.165, 1.54) is 16.3 Å². The molecule has 2 aliphatic heterocycles. The van der Waals surface area contributed by atoms with Gasteiger partial charge in [-0.1, -0.05) is 30.4 Å². The van der Waals surface area contributed by atoms with Crippen LogP contribution in [0.25, 0.3) is 27.6 Å². The Kier molecular flexibility index (Phi) is 4.83. The molecule has 2 aromatic carbocycles. The smallest absolute Gasteiger partial charge is 0.380 e. The molecular formula is C31H28N4O2+2. The van der Waals surface area contributed by atoms with Crippen LogP contribution in [-0.4, -0.2) is 23.1 Å². The molecule has 182 valence electrons. The monoisotopic (exact) mass is 488 g/mol. The predicted octanol–water partition coefficient (Wildman–Crippen LogP) is 5.71. The number of ether oxygens (including phenoxy) is 2. The minimum absolute atomic E-state index is 0.0719. The maximum absolute atomic E-state index is 6.68. The highest BCUT2D eigenvalue weighted by atomic mass is 16.5. The minimum atomic E-state index is -0.0719. The SMILES string of the molecule is CC1c2c(ccc3c4ccccc4n(C4=CC=CCN4C)c23)Oc2cccc([n+]2C)Oc2cccc[n+]21. The van der Waals surface area contributed by atoms with Gasteiger partial charge < -0.3 is 14.4 Å². The average Bonchev–Trinajstić information content (AvgIpc) is 3.25. The van der Waals surface area contributed by atoms with Crippen molar-refractivity contribution in [2.75, 3.05) is 13.6 Å². The summed E-state index contributed by atoms with van der Waals surface area (Å²) in [4.78, 5) is 2.28. The summed E-state index contributed by atoms with van der Waals surface area (Å²) in [5.41, 5.74) is 3.41. The van der Waals surface area contributed by atoms with Gasteiger partial charge in [0.1, 0.15) is 18.6 Å². The average molecular weight is 489 g/mol. The number of benzene rings is 2. The molecule has 1 unspecified atom stereocenters. The quantitative estimate of drug-likeness (QED) is 0.283. The second kappa shape index (κ2) is 8.23. The lowest BCUT2D eigenvalue weighted by molar-refractivity contribution is -0.723. The molecule has 0 saturated carbocycles. The largest absolute Gasteiger partial charge is 0.404 e. The Morgan fingerprint density at radius 2 is 1.62 bits per heavy atom. The first-order chi connectivity index (χ1) is 18.1. The molecule has 2 bridgehead atoms. The van der Waals surface area contributed by atoms with Crippen molar-refractivity contribution in [1.29, 1.82) is 0 Å². The lowest BCUT2D eigenvalue weighted by atomic mass is 10.0. The molecule has 3 aromatic heterocycles. The van der Waals surface area contributed by atoms with Gasteiger partial charge in [0.2, 0.25) is 0 Å². The van der Waals surface area contributed by atoms with Crippen molar-refractivity contribution in [2.45, 2.75) is 13.0 Å². The Bertz CT molecular complexity index is 1760. The number of fused-ring (bicyclic) bond motifs is 8. The summed E-state index contributed by atoms with van der Waals surface area (Å²) in [6.07, 6.45) is 8.59. The molecule has 0 aliphatic carbocycles. The molecule has 0 amide bonds. The molecule has 5 heterocycles. The summed E-state index contributed by atoms with van der Waals surface area (Å²) in [6.45, 7) is 3.07. The van der Waals surface area contributed by atoms with Gasteiger partial charge in [0.15, 0.2) is 12.2 Å². The summed E-state index contributed by atoms with van der Waals surface area (Å²) < 4.78 is 19.6. The van der Waals surface area contributed by atoms with Crippen LogP contribution in [-0.2, 0) is 7.05 Å². The van der Waals surface area contributed by atoms with E-state index < -0.39 is 0 Å². The molecule has 37 heavy (non-hydrogen) atoms. The minimum Gasteiger partial charge on any atom is -0.404 e. The number of aromatic nitrogens is 3. The van der Waals surface area contributed by atoms with Crippen molar-refractivity contribution < 1.29 is 18.6 Å². The van der Waals surface area contributed by atoms with Crippen LogP contribution in [0.15, 0.2) is 97.2 Å². The number of pyridine rings is 2. The van der Waals surface area contributed by atoms with Gasteiger partial charge in [-0.15, -0.1) is 4.57 Å². The number of allylic oxidation sites excluding steroid dienone is 2. The maximum atomic E-state index is 6.68. The zero-order valence-electron chi connectivity index (χ0n) is 21.1. The normalized spacial score (nSPS) is 16.6. The van der Waals surface area contributed by atoms with E-state index in [1.54, 1.807) is 0 Å². The topological polar surface area (TPSA) is 34.4 Å². The van der Waals surface area contributed by atoms with E-state index in [2.05, 4.69) is 88.8 Å². The molecule has 0 N–H and O–H groups in total. The number of rotatable bonds is 1. The number of para-hydroxylation sites is 1. The zero-order chi connectivity index (χ0) is 25.1. The zero-order valence-corrected chi connectivity index (χ0v) is 21.1. The third-order valence-electron chi connectivity index (χ3n) is 7.47. The van der Waals surface area contributed by atoms with Gasteiger partial charge in [-0.25, -0.2) is 0 Å². The molecule has 6 heteroatoms. The number of nitrogens with zero attached hydrogens (tertiary/aromatic N) is 4. The first kappa shape index (κ1) is 21.7. The van der Waals surface area contributed by atoms with E-state index >= 15 is 0 Å². The molecule has 0 saturated heterocycles. The highest BCUT2D eigenvalue weighted by molar-refractivity contribution is 6.11. The van der Waals surface area contributed by atoms with E-state index in [4.69, 9.17) is 9.47 Å². The Hall–Kier alpha value is -4.58. The number of likely N-dealkylation sites (N-methyl/N-ethyl adjacent to an activating group) is 1. The van der Waals surface area contributed by atoms with E-state index in [0.29, 0.717) is 11.8 Å². The van der Waals surface area contributed by atoms with Crippen molar-refractivity contribution in [3.63, 3.8) is 0 Å². The molecule has 0 spiro atoms. The molecule has 6 nitrogen and oxygen atoms in total. The van der Waals surface area contributed by atoms with Gasteiger partial charge >= 0.3 is 17.6 Å². The Balaban J connectivity index is 1.64. The summed E-state index contributed by atoms with van der Waals surface area (Å²) in [7, 11) is 4.10. The van der Waals surface area contributed by atoms with Crippen LogP contribution in [0.4, 0.5) is 0 Å². The van der Waals surface area contributed by atoms with E-state index in [0.717, 1.165) is 35.1 Å². The van der Waals surface area contributed by atoms with Crippen molar-refractivity contribution in [3.05, 3.63) is 103 Å². The molecule has 5 aromatic rings. The molecule has 0 fully saturated rings. The van der Waals surface area contributed by atoms with Crippen molar-refractivity contribution in [1.82, 2.24) is 9.47 Å². The maximum Gasteiger partial charge on any atom is 0.380 e. The van der Waals surface area contributed by atoms with Gasteiger partial charge in [-0.2, -0.15) is 4.57 Å². The third kappa shape index (κ3) is 3.25. The van der Waals surface area contributed by atoms with Gasteiger partial charge in [-0.05, 0) is 36.4 Å². The van der Waals surface area contributed by atoms with Crippen LogP contribution < -0.4 is 18.6 Å². The van der Waals surface area contributed by atoms with Crippen molar-refractivity contribution in [2.24, 2.45) is 7.05 Å². The first-order valence-corrected chi connectivity index (χ1v) is 12.6. The van der Waals surface area contributed by atoms with E-state index in [9.17, 15) is 0 Å². The van der Waals surface area contributed by atoms with Crippen molar-refractivity contribution in [3.8, 4) is 23.4 Å². The fourth-order valence-electron chi connectivity index (χ4n) is 5.59. The van der Waals surface area contributed by atoms with E-state index in [-0.39, 0.29) is 6.04 Å². The Labute approximate surface area is 215 Å². The van der Waals surface area contributed by atoms with Crippen LogP contribution in [0.2, 0.25) is 0 Å². The van der Waals surface area contributed by atoms with Gasteiger partial charge in [0.05, 0.1) is 34.8 Å². The van der Waals surface area contributed by atoms with Crippen LogP contribution >= 0.6 is 0 Å². The number of hydrogen-bond acceptors (Lipinski definition) is 3. The summed E-state index contributed by atoms with van der Waals surface area (Å²) in [6, 6.07) is 24.8. The standard InChI is InChI=1S/C31H28N4O2/c1-21-30-25(36-27-15-10-16-28(33(27)3)37-29-14-7-9-20-34(21)29)18-17-23-22-11-4-5-12-24(22)35(31(23)30)26-13-6-8-19-32(26)2/h4-18,20-21H,19H2,1-3H3/q+2. The lowest BCUT2D eigenvalue weighted by Crippen LogP contribution is -2.42. The summed E-state index contributed by atoms with van der Waals surface area (Å²) >= 11 is 0. The highest BCUT2D eigenvalue weighted by Crippen LogP contribution is 2.42. The summed E-state index contributed by atoms with van der Waals surface area (Å²) in [5, 5.41) is 2.42. The van der Waals surface area contributed by atoms with Crippen LogP contribution in [0.1, 0.15) is 18.5 Å². The molecule has 2 aliphatic rings. The molecule has 1 atom stereocenters. The highest BCUT2D eigenvalue weighted by Gasteiger charge is 2.33. The summed E-state index contributed by atoms with van der Waals surface area (Å²) in [5.74, 6) is 4.16. The predicted molar refractivity (Wildman–Crippen MR) is 144 cm³/mol. The second-order valence-corrected chi connectivity index (χ2v) is 9.65. The third-order valence-corrected chi connectivity index (χ3v) is 7.47. The van der Waals surface area contributed by atoms with E-state index in [1.807, 2.05) is 48.0 Å². The molecule has 7 rings (SSSR count). The Morgan fingerprint density at radius 3 is 2.49 bits per heavy atom. The van der Waals surface area contributed by atoms with Crippen LogP contribution in [0.3, 0.4) is 0 Å². The fourth-order valence-corrected chi connectivity index (χ4v) is 5.59. The molecular weight excluding hydrogens is 460 g/mol.